The molecule has 1 unspecified atom stereocenters. The van der Waals surface area contributed by atoms with Gasteiger partial charge in [0.05, 0.1) is 5.71 Å². The summed E-state index contributed by atoms with van der Waals surface area (Å²) in [6, 6.07) is 3.19. The van der Waals surface area contributed by atoms with Crippen molar-refractivity contribution in [3.8, 4) is 0 Å². The third-order valence-electron chi connectivity index (χ3n) is 4.26. The average molecular weight is 356 g/mol. The van der Waals surface area contributed by atoms with Crippen molar-refractivity contribution in [2.45, 2.75) is 20.8 Å². The molecule has 6 heteroatoms. The first-order chi connectivity index (χ1) is 12.2. The van der Waals surface area contributed by atoms with Crippen LogP contribution < -0.4 is 5.32 Å². The summed E-state index contributed by atoms with van der Waals surface area (Å²) in [7, 11) is 0. The number of amides is 2. The van der Waals surface area contributed by atoms with Crippen molar-refractivity contribution in [1.29, 1.82) is 0 Å². The number of aliphatic imine (C=N–C) groups is 1. The number of hydrogen-bond acceptors (Lipinski definition) is 2. The van der Waals surface area contributed by atoms with Crippen molar-refractivity contribution in [3.05, 3.63) is 71.0 Å². The highest BCUT2D eigenvalue weighted by Gasteiger charge is 2.32. The number of carbonyl (C=O) groups excluding carboxylic acids is 2. The van der Waals surface area contributed by atoms with Crippen molar-refractivity contribution in [2.24, 2.45) is 16.3 Å². The van der Waals surface area contributed by atoms with Crippen LogP contribution in [0.3, 0.4) is 0 Å². The zero-order valence-electron chi connectivity index (χ0n) is 14.6. The lowest BCUT2D eigenvalue weighted by atomic mass is 9.74. The lowest BCUT2D eigenvalue weighted by Crippen LogP contribution is -2.36. The molecular formula is C20H18F2N2O2. The molecule has 1 heterocycles. The molecule has 2 amide bonds. The third-order valence-corrected chi connectivity index (χ3v) is 4.26. The predicted molar refractivity (Wildman–Crippen MR) is 94.5 cm³/mol. The molecule has 26 heavy (non-hydrogen) atoms. The maximum atomic E-state index is 13.7. The van der Waals surface area contributed by atoms with Crippen molar-refractivity contribution >= 4 is 17.5 Å². The summed E-state index contributed by atoms with van der Waals surface area (Å²) in [5.74, 6) is -3.32. The first kappa shape index (κ1) is 17.9. The highest BCUT2D eigenvalue weighted by Crippen LogP contribution is 2.38. The normalized spacial score (nSPS) is 21.0. The second kappa shape index (κ2) is 6.44. The minimum atomic E-state index is -1.01. The number of hydrogen-bond donors (Lipinski definition) is 1. The monoisotopic (exact) mass is 356 g/mol. The molecule has 1 N–H and O–H groups in total. The molecule has 0 spiro atoms. The van der Waals surface area contributed by atoms with Gasteiger partial charge in [-0.05, 0) is 35.3 Å². The van der Waals surface area contributed by atoms with Crippen LogP contribution in [0.15, 0.2) is 58.8 Å². The number of fused-ring (bicyclic) bond motifs is 1. The van der Waals surface area contributed by atoms with E-state index in [1.807, 2.05) is 26.8 Å². The van der Waals surface area contributed by atoms with Crippen LogP contribution >= 0.6 is 0 Å². The molecule has 0 saturated carbocycles. The molecule has 1 aliphatic carbocycles. The quantitative estimate of drug-likeness (QED) is 0.834. The third kappa shape index (κ3) is 3.40. The van der Waals surface area contributed by atoms with E-state index < -0.39 is 23.1 Å². The summed E-state index contributed by atoms with van der Waals surface area (Å²) in [5.41, 5.74) is 0.836. The van der Waals surface area contributed by atoms with Gasteiger partial charge >= 0.3 is 0 Å². The Morgan fingerprint density at radius 2 is 1.81 bits per heavy atom. The van der Waals surface area contributed by atoms with Gasteiger partial charge in [0.1, 0.15) is 17.2 Å². The summed E-state index contributed by atoms with van der Waals surface area (Å²) in [6.07, 6.45) is 6.56. The number of allylic oxidation sites excluding steroid dienone is 3. The number of nitrogens with zero attached hydrogens (tertiary/aromatic N) is 1. The molecule has 134 valence electrons. The van der Waals surface area contributed by atoms with Gasteiger partial charge in [-0.3, -0.25) is 9.59 Å². The maximum Gasteiger partial charge on any atom is 0.283 e. The molecule has 1 aromatic rings. The molecule has 1 atom stereocenters. The van der Waals surface area contributed by atoms with Gasteiger partial charge in [0.25, 0.3) is 5.91 Å². The van der Waals surface area contributed by atoms with E-state index in [4.69, 9.17) is 0 Å². The van der Waals surface area contributed by atoms with E-state index in [2.05, 4.69) is 10.3 Å². The van der Waals surface area contributed by atoms with E-state index >= 15 is 0 Å². The summed E-state index contributed by atoms with van der Waals surface area (Å²) in [6.45, 7) is 6.03. The molecule has 2 aliphatic rings. The van der Waals surface area contributed by atoms with Gasteiger partial charge in [-0.25, -0.2) is 13.8 Å². The van der Waals surface area contributed by atoms with Crippen LogP contribution in [0.4, 0.5) is 8.78 Å². The van der Waals surface area contributed by atoms with E-state index in [1.165, 1.54) is 6.07 Å². The fourth-order valence-corrected chi connectivity index (χ4v) is 3.02. The van der Waals surface area contributed by atoms with Crippen LogP contribution in [0.2, 0.25) is 0 Å². The zero-order valence-corrected chi connectivity index (χ0v) is 14.6. The van der Waals surface area contributed by atoms with Crippen LogP contribution in [0.5, 0.6) is 0 Å². The fraction of sp³-hybridized carbons (Fsp3) is 0.250. The van der Waals surface area contributed by atoms with E-state index in [9.17, 15) is 18.4 Å². The standard InChI is InChI=1S/C20H18F2N2O2/c1-20(2,3)13-10-17(25)24-16-9-11(7-8-12(13)16)23-19(26)18-14(21)5-4-6-15(18)22/h4-10,12H,1-3H3,(H,24,25). The van der Waals surface area contributed by atoms with Crippen molar-refractivity contribution in [2.75, 3.05) is 0 Å². The van der Waals surface area contributed by atoms with Gasteiger partial charge in [-0.15, -0.1) is 0 Å². The van der Waals surface area contributed by atoms with Crippen molar-refractivity contribution in [1.82, 2.24) is 5.32 Å². The second-order valence-electron chi connectivity index (χ2n) is 7.21. The molecule has 4 nitrogen and oxygen atoms in total. The van der Waals surface area contributed by atoms with Gasteiger partial charge < -0.3 is 5.32 Å². The van der Waals surface area contributed by atoms with Gasteiger partial charge in [0.2, 0.25) is 5.91 Å². The molecule has 0 saturated heterocycles. The molecule has 0 radical (unpaired) electrons. The molecule has 0 fully saturated rings. The van der Waals surface area contributed by atoms with E-state index in [0.29, 0.717) is 5.70 Å². The van der Waals surface area contributed by atoms with E-state index in [-0.39, 0.29) is 23.0 Å². The zero-order chi connectivity index (χ0) is 19.1. The summed E-state index contributed by atoms with van der Waals surface area (Å²) >= 11 is 0. The van der Waals surface area contributed by atoms with Crippen LogP contribution in [0.1, 0.15) is 31.1 Å². The van der Waals surface area contributed by atoms with Gasteiger partial charge in [-0.1, -0.05) is 32.9 Å². The highest BCUT2D eigenvalue weighted by atomic mass is 19.1. The minimum Gasteiger partial charge on any atom is -0.325 e. The van der Waals surface area contributed by atoms with Crippen LogP contribution in [0, 0.1) is 23.0 Å². The molecule has 0 aromatic heterocycles. The van der Waals surface area contributed by atoms with Crippen molar-refractivity contribution in [3.63, 3.8) is 0 Å². The SMILES string of the molecule is CC(C)(C)C1=CC(=O)NC2=CC(=NC(=O)c3c(F)cccc3F)C=CC21. The van der Waals surface area contributed by atoms with Gasteiger partial charge in [0, 0.05) is 17.7 Å². The molecule has 1 aromatic carbocycles. The molecule has 0 bridgehead atoms. The number of rotatable bonds is 1. The molecular weight excluding hydrogens is 338 g/mol. The topological polar surface area (TPSA) is 58.5 Å². The average Bonchev–Trinajstić information content (AvgIpc) is 2.52. The summed E-state index contributed by atoms with van der Waals surface area (Å²) < 4.78 is 27.5. The maximum absolute atomic E-state index is 13.7. The smallest absolute Gasteiger partial charge is 0.283 e. The van der Waals surface area contributed by atoms with Gasteiger partial charge in [-0.2, -0.15) is 0 Å². The highest BCUT2D eigenvalue weighted by molar-refractivity contribution is 6.14. The first-order valence-electron chi connectivity index (χ1n) is 8.16. The lowest BCUT2D eigenvalue weighted by molar-refractivity contribution is -0.116. The number of halogens is 2. The predicted octanol–water partition coefficient (Wildman–Crippen LogP) is 3.72. The Labute approximate surface area is 150 Å². The first-order valence-corrected chi connectivity index (χ1v) is 8.16. The summed E-state index contributed by atoms with van der Waals surface area (Å²) in [5, 5.41) is 2.74. The summed E-state index contributed by atoms with van der Waals surface area (Å²) in [4.78, 5) is 27.9. The molecule has 1 aliphatic heterocycles. The second-order valence-corrected chi connectivity index (χ2v) is 7.21. The Bertz CT molecular complexity index is 898. The minimum absolute atomic E-state index is 0.132. The Morgan fingerprint density at radius 3 is 2.42 bits per heavy atom. The Kier molecular flexibility index (Phi) is 4.44. The van der Waals surface area contributed by atoms with E-state index in [1.54, 1.807) is 18.2 Å². The number of benzene rings is 1. The number of carbonyl (C=O) groups is 2. The van der Waals surface area contributed by atoms with Gasteiger partial charge in [0.15, 0.2) is 0 Å². The lowest BCUT2D eigenvalue weighted by Gasteiger charge is -2.34. The molecule has 3 rings (SSSR count). The number of nitrogens with one attached hydrogen (secondary N) is 1. The Hall–Kier alpha value is -2.89. The Balaban J connectivity index is 1.95. The van der Waals surface area contributed by atoms with Crippen LogP contribution in [0.25, 0.3) is 0 Å². The fourth-order valence-electron chi connectivity index (χ4n) is 3.02. The Morgan fingerprint density at radius 1 is 1.15 bits per heavy atom. The van der Waals surface area contributed by atoms with E-state index in [0.717, 1.165) is 17.7 Å². The van der Waals surface area contributed by atoms with Crippen molar-refractivity contribution < 1.29 is 18.4 Å². The largest absolute Gasteiger partial charge is 0.325 e. The van der Waals surface area contributed by atoms with Crippen LogP contribution in [-0.4, -0.2) is 17.5 Å². The van der Waals surface area contributed by atoms with Crippen LogP contribution in [-0.2, 0) is 4.79 Å².